The molecule has 0 aliphatic rings. The summed E-state index contributed by atoms with van der Waals surface area (Å²) in [6.45, 7) is 4.82. The molecular weight excluding hydrogens is 325 g/mol. The van der Waals surface area contributed by atoms with Gasteiger partial charge in [0, 0.05) is 10.5 Å². The van der Waals surface area contributed by atoms with E-state index in [0.717, 1.165) is 25.7 Å². The van der Waals surface area contributed by atoms with E-state index in [-0.39, 0.29) is 23.7 Å². The highest BCUT2D eigenvalue weighted by atomic mass is 32.1. The van der Waals surface area contributed by atoms with Gasteiger partial charge in [0.1, 0.15) is 0 Å². The minimum absolute atomic E-state index is 0.0494. The molecule has 0 aromatic carbocycles. The summed E-state index contributed by atoms with van der Waals surface area (Å²) >= 11 is 8.82. The van der Waals surface area contributed by atoms with Gasteiger partial charge in [-0.2, -0.15) is 25.3 Å². The van der Waals surface area contributed by atoms with Crippen molar-refractivity contribution in [2.45, 2.75) is 75.7 Å². The van der Waals surface area contributed by atoms with Crippen molar-refractivity contribution in [1.29, 1.82) is 0 Å². The molecular formula is C14H32NO3PS2. The molecule has 0 radical (unpaired) electrons. The summed E-state index contributed by atoms with van der Waals surface area (Å²) in [5.74, 6) is 0. The van der Waals surface area contributed by atoms with Gasteiger partial charge in [0.05, 0.1) is 13.2 Å². The summed E-state index contributed by atoms with van der Waals surface area (Å²) in [6.07, 6.45) is 8.74. The van der Waals surface area contributed by atoms with Crippen LogP contribution in [0.3, 0.4) is 0 Å². The Hall–Kier alpha value is 0.810. The lowest BCUT2D eigenvalue weighted by Crippen LogP contribution is -2.16. The fourth-order valence-electron chi connectivity index (χ4n) is 1.84. The Bertz CT molecular complexity index is 271. The Labute approximate surface area is 141 Å². The molecule has 2 N–H and O–H groups in total. The van der Waals surface area contributed by atoms with Gasteiger partial charge in [0.2, 0.25) is 0 Å². The molecule has 2 unspecified atom stereocenters. The molecule has 0 saturated heterocycles. The lowest BCUT2D eigenvalue weighted by molar-refractivity contribution is 0.202. The number of rotatable bonds is 14. The zero-order valence-corrected chi connectivity index (χ0v) is 16.1. The Kier molecular flexibility index (Phi) is 13.8. The fraction of sp³-hybridized carbons (Fsp3) is 1.00. The molecule has 0 heterocycles. The van der Waals surface area contributed by atoms with Gasteiger partial charge in [-0.25, -0.2) is 10.1 Å². The summed E-state index contributed by atoms with van der Waals surface area (Å²) in [5, 5.41) is 0.0988. The standard InChI is InChI=1S/C14H32NO3PS2/c1-3-5-7-9-13(20)11-17-19(15,16)18-12-14(21)10-8-6-4-2/h13-14,20-21H,3-12H2,1-2H3,(H2,15,16). The molecule has 2 atom stereocenters. The Morgan fingerprint density at radius 1 is 0.905 bits per heavy atom. The van der Waals surface area contributed by atoms with Gasteiger partial charge in [0.15, 0.2) is 0 Å². The van der Waals surface area contributed by atoms with Gasteiger partial charge in [-0.15, -0.1) is 0 Å². The summed E-state index contributed by atoms with van der Waals surface area (Å²) in [7, 11) is -3.48. The molecule has 7 heteroatoms. The number of unbranched alkanes of at least 4 members (excludes halogenated alkanes) is 4. The number of nitrogens with two attached hydrogens (primary N) is 1. The normalized spacial score (nSPS) is 17.4. The Balaban J connectivity index is 3.79. The van der Waals surface area contributed by atoms with E-state index < -0.39 is 7.75 Å². The maximum Gasteiger partial charge on any atom is 0.402 e. The van der Waals surface area contributed by atoms with E-state index in [1.807, 2.05) is 0 Å². The smallest absolute Gasteiger partial charge is 0.296 e. The molecule has 0 aliphatic heterocycles. The first-order valence-corrected chi connectivity index (χ1v) is 10.6. The van der Waals surface area contributed by atoms with Crippen molar-refractivity contribution < 1.29 is 13.6 Å². The highest BCUT2D eigenvalue weighted by Gasteiger charge is 2.21. The molecule has 0 amide bonds. The van der Waals surface area contributed by atoms with Crippen molar-refractivity contribution in [2.24, 2.45) is 5.50 Å². The third kappa shape index (κ3) is 14.2. The van der Waals surface area contributed by atoms with Crippen LogP contribution < -0.4 is 5.50 Å². The van der Waals surface area contributed by atoms with Crippen LogP contribution in [-0.2, 0) is 13.6 Å². The molecule has 0 bridgehead atoms. The summed E-state index contributed by atoms with van der Waals surface area (Å²) in [4.78, 5) is 0. The van der Waals surface area contributed by atoms with Crippen LogP contribution in [0.1, 0.15) is 65.2 Å². The molecule has 128 valence electrons. The quantitative estimate of drug-likeness (QED) is 0.236. The van der Waals surface area contributed by atoms with Gasteiger partial charge in [0.25, 0.3) is 0 Å². The molecule has 0 spiro atoms. The van der Waals surface area contributed by atoms with Crippen LogP contribution in [0, 0.1) is 0 Å². The first-order valence-electron chi connectivity index (χ1n) is 7.95. The predicted octanol–water partition coefficient (Wildman–Crippen LogP) is 4.84. The van der Waals surface area contributed by atoms with Gasteiger partial charge in [-0.1, -0.05) is 52.4 Å². The zero-order valence-electron chi connectivity index (χ0n) is 13.4. The molecule has 0 aromatic heterocycles. The first-order chi connectivity index (χ1) is 9.91. The molecule has 0 rings (SSSR count). The van der Waals surface area contributed by atoms with Crippen LogP contribution in [0.15, 0.2) is 0 Å². The average Bonchev–Trinajstić information content (AvgIpc) is 2.44. The largest absolute Gasteiger partial charge is 0.402 e. The average molecular weight is 358 g/mol. The molecule has 4 nitrogen and oxygen atoms in total. The molecule has 0 saturated carbocycles. The van der Waals surface area contributed by atoms with E-state index in [4.69, 9.17) is 14.6 Å². The van der Waals surface area contributed by atoms with Crippen molar-refractivity contribution in [3.63, 3.8) is 0 Å². The van der Waals surface area contributed by atoms with E-state index in [2.05, 4.69) is 39.1 Å². The van der Waals surface area contributed by atoms with Crippen molar-refractivity contribution in [3.05, 3.63) is 0 Å². The minimum atomic E-state index is -3.48. The van der Waals surface area contributed by atoms with E-state index in [0.29, 0.717) is 0 Å². The van der Waals surface area contributed by atoms with Crippen molar-refractivity contribution in [2.75, 3.05) is 13.2 Å². The lowest BCUT2D eigenvalue weighted by Gasteiger charge is -2.18. The van der Waals surface area contributed by atoms with Crippen LogP contribution in [0.25, 0.3) is 0 Å². The third-order valence-corrected chi connectivity index (χ3v) is 5.01. The fourth-order valence-corrected chi connectivity index (χ4v) is 3.44. The second-order valence-electron chi connectivity index (χ2n) is 5.43. The van der Waals surface area contributed by atoms with Crippen LogP contribution in [0.5, 0.6) is 0 Å². The SMILES string of the molecule is CCCCCC(S)COP(N)(=O)OCC(S)CCCCC. The third-order valence-electron chi connectivity index (χ3n) is 3.18. The van der Waals surface area contributed by atoms with E-state index in [1.165, 1.54) is 25.7 Å². The van der Waals surface area contributed by atoms with Gasteiger partial charge < -0.3 is 0 Å². The second-order valence-corrected chi connectivity index (χ2v) is 8.49. The lowest BCUT2D eigenvalue weighted by atomic mass is 10.2. The minimum Gasteiger partial charge on any atom is -0.296 e. The van der Waals surface area contributed by atoms with Crippen LogP contribution in [0.2, 0.25) is 0 Å². The highest BCUT2D eigenvalue weighted by Crippen LogP contribution is 2.40. The van der Waals surface area contributed by atoms with Gasteiger partial charge >= 0.3 is 7.75 Å². The Morgan fingerprint density at radius 3 is 1.62 bits per heavy atom. The number of thiol groups is 2. The summed E-state index contributed by atoms with van der Waals surface area (Å²) in [5.41, 5.74) is 5.57. The maximum absolute atomic E-state index is 11.9. The van der Waals surface area contributed by atoms with Crippen LogP contribution in [-0.4, -0.2) is 23.7 Å². The molecule has 21 heavy (non-hydrogen) atoms. The van der Waals surface area contributed by atoms with Gasteiger partial charge in [-0.05, 0) is 12.8 Å². The van der Waals surface area contributed by atoms with E-state index in [1.54, 1.807) is 0 Å². The topological polar surface area (TPSA) is 61.5 Å². The number of hydrogen-bond donors (Lipinski definition) is 3. The van der Waals surface area contributed by atoms with Crippen LogP contribution in [0.4, 0.5) is 0 Å². The first kappa shape index (κ1) is 21.8. The van der Waals surface area contributed by atoms with Crippen LogP contribution >= 0.6 is 33.0 Å². The second kappa shape index (κ2) is 13.3. The van der Waals surface area contributed by atoms with E-state index >= 15 is 0 Å². The zero-order chi connectivity index (χ0) is 16.1. The van der Waals surface area contributed by atoms with Crippen molar-refractivity contribution in [1.82, 2.24) is 0 Å². The van der Waals surface area contributed by atoms with Gasteiger partial charge in [-0.3, -0.25) is 9.05 Å². The van der Waals surface area contributed by atoms with Crippen molar-refractivity contribution in [3.8, 4) is 0 Å². The monoisotopic (exact) mass is 357 g/mol. The van der Waals surface area contributed by atoms with Crippen molar-refractivity contribution >= 4 is 33.0 Å². The maximum atomic E-state index is 11.9. The molecule has 0 fully saturated rings. The summed E-state index contributed by atoms with van der Waals surface area (Å²) < 4.78 is 22.3. The predicted molar refractivity (Wildman–Crippen MR) is 97.5 cm³/mol. The summed E-state index contributed by atoms with van der Waals surface area (Å²) in [6, 6.07) is 0. The number of hydrogen-bond acceptors (Lipinski definition) is 5. The Morgan fingerprint density at radius 2 is 1.29 bits per heavy atom. The molecule has 0 aliphatic carbocycles. The highest BCUT2D eigenvalue weighted by molar-refractivity contribution is 7.81. The molecule has 0 aromatic rings. The van der Waals surface area contributed by atoms with E-state index in [9.17, 15) is 4.57 Å².